The Kier molecular flexibility index (Phi) is 4.62. The molecule has 96 valence electrons. The lowest BCUT2D eigenvalue weighted by molar-refractivity contribution is 0.419. The molecule has 0 amide bonds. The van der Waals surface area contributed by atoms with Crippen LogP contribution in [-0.4, -0.2) is 13.6 Å². The molecule has 0 saturated heterocycles. The minimum Gasteiger partial charge on any atom is -0.374 e. The molecule has 2 nitrogen and oxygen atoms in total. The van der Waals surface area contributed by atoms with Gasteiger partial charge in [0.2, 0.25) is 0 Å². The van der Waals surface area contributed by atoms with Gasteiger partial charge < -0.3 is 10.6 Å². The molecule has 1 rings (SSSR count). The quantitative estimate of drug-likeness (QED) is 0.915. The number of benzene rings is 1. The molecule has 0 unspecified atom stereocenters. The van der Waals surface area contributed by atoms with Crippen LogP contribution in [0, 0.1) is 5.41 Å². The van der Waals surface area contributed by atoms with Crippen molar-refractivity contribution in [3.05, 3.63) is 28.2 Å². The third-order valence-corrected chi connectivity index (χ3v) is 3.31. The molecule has 0 aliphatic rings. The number of hydrogen-bond acceptors (Lipinski definition) is 2. The Labute approximate surface area is 113 Å². The summed E-state index contributed by atoms with van der Waals surface area (Å²) in [6.07, 6.45) is 0. The first kappa shape index (κ1) is 14.5. The second-order valence-electron chi connectivity index (χ2n) is 5.91. The highest BCUT2D eigenvalue weighted by molar-refractivity contribution is 9.10. The Morgan fingerprint density at radius 3 is 2.35 bits per heavy atom. The Morgan fingerprint density at radius 2 is 1.94 bits per heavy atom. The van der Waals surface area contributed by atoms with E-state index in [-0.39, 0.29) is 6.04 Å². The zero-order chi connectivity index (χ0) is 13.2. The standard InChI is InChI=1S/C14H23BrN2/c1-10(16)12-7-6-11(8-13(12)15)17(5)9-14(2,3)4/h6-8,10H,9,16H2,1-5H3/t10-/m0/s1. The Balaban J connectivity index is 2.90. The van der Waals surface area contributed by atoms with Crippen LogP contribution in [0.2, 0.25) is 0 Å². The molecule has 0 radical (unpaired) electrons. The fraction of sp³-hybridized carbons (Fsp3) is 0.571. The van der Waals surface area contributed by atoms with Gasteiger partial charge in [0.1, 0.15) is 0 Å². The van der Waals surface area contributed by atoms with E-state index >= 15 is 0 Å². The summed E-state index contributed by atoms with van der Waals surface area (Å²) in [6, 6.07) is 6.44. The van der Waals surface area contributed by atoms with Crippen LogP contribution in [0.25, 0.3) is 0 Å². The van der Waals surface area contributed by atoms with Crippen LogP contribution in [0.3, 0.4) is 0 Å². The number of anilines is 1. The number of hydrogen-bond donors (Lipinski definition) is 1. The van der Waals surface area contributed by atoms with Crippen molar-refractivity contribution < 1.29 is 0 Å². The van der Waals surface area contributed by atoms with Gasteiger partial charge in [-0.25, -0.2) is 0 Å². The van der Waals surface area contributed by atoms with E-state index in [0.29, 0.717) is 5.41 Å². The lowest BCUT2D eigenvalue weighted by atomic mass is 9.96. The highest BCUT2D eigenvalue weighted by Gasteiger charge is 2.15. The van der Waals surface area contributed by atoms with Gasteiger partial charge in [0.05, 0.1) is 0 Å². The van der Waals surface area contributed by atoms with Crippen molar-refractivity contribution in [2.45, 2.75) is 33.7 Å². The molecule has 0 fully saturated rings. The molecule has 0 aliphatic heterocycles. The molecule has 0 saturated carbocycles. The normalized spacial score (nSPS) is 13.6. The number of rotatable bonds is 3. The monoisotopic (exact) mass is 298 g/mol. The third kappa shape index (κ3) is 4.32. The van der Waals surface area contributed by atoms with Gasteiger partial charge >= 0.3 is 0 Å². The van der Waals surface area contributed by atoms with Gasteiger partial charge in [0, 0.05) is 29.8 Å². The molecule has 3 heteroatoms. The topological polar surface area (TPSA) is 29.3 Å². The lowest BCUT2D eigenvalue weighted by Crippen LogP contribution is -2.29. The van der Waals surface area contributed by atoms with Crippen molar-refractivity contribution in [3.63, 3.8) is 0 Å². The summed E-state index contributed by atoms with van der Waals surface area (Å²) in [5, 5.41) is 0. The predicted molar refractivity (Wildman–Crippen MR) is 79.5 cm³/mol. The maximum Gasteiger partial charge on any atom is 0.0375 e. The van der Waals surface area contributed by atoms with E-state index in [1.807, 2.05) is 6.92 Å². The summed E-state index contributed by atoms with van der Waals surface area (Å²) in [7, 11) is 2.12. The first-order valence-corrected chi connectivity index (χ1v) is 6.76. The molecule has 17 heavy (non-hydrogen) atoms. The number of nitrogens with zero attached hydrogens (tertiary/aromatic N) is 1. The van der Waals surface area contributed by atoms with Gasteiger partial charge in [-0.05, 0) is 30.0 Å². The third-order valence-electron chi connectivity index (χ3n) is 2.63. The molecule has 0 aliphatic carbocycles. The SMILES string of the molecule is C[C@H](N)c1ccc(N(C)CC(C)(C)C)cc1Br. The fourth-order valence-corrected chi connectivity index (χ4v) is 2.65. The Morgan fingerprint density at radius 1 is 1.35 bits per heavy atom. The minimum atomic E-state index is 0.0614. The fourth-order valence-electron chi connectivity index (χ4n) is 1.93. The zero-order valence-corrected chi connectivity index (χ0v) is 13.0. The molecule has 0 spiro atoms. The van der Waals surface area contributed by atoms with E-state index in [1.54, 1.807) is 0 Å². The van der Waals surface area contributed by atoms with Crippen molar-refractivity contribution in [1.82, 2.24) is 0 Å². The molecule has 0 heterocycles. The number of nitrogens with two attached hydrogens (primary N) is 1. The molecule has 1 aromatic carbocycles. The average molecular weight is 299 g/mol. The minimum absolute atomic E-state index is 0.0614. The van der Waals surface area contributed by atoms with Crippen LogP contribution in [0.15, 0.2) is 22.7 Å². The van der Waals surface area contributed by atoms with Gasteiger partial charge in [0.25, 0.3) is 0 Å². The van der Waals surface area contributed by atoms with E-state index in [0.717, 1.165) is 16.6 Å². The highest BCUT2D eigenvalue weighted by Crippen LogP contribution is 2.28. The smallest absolute Gasteiger partial charge is 0.0375 e. The maximum absolute atomic E-state index is 5.90. The van der Waals surface area contributed by atoms with Crippen LogP contribution in [0.4, 0.5) is 5.69 Å². The summed E-state index contributed by atoms with van der Waals surface area (Å²) in [4.78, 5) is 2.27. The van der Waals surface area contributed by atoms with E-state index in [1.165, 1.54) is 5.69 Å². The Hall–Kier alpha value is -0.540. The molecule has 0 aromatic heterocycles. The summed E-state index contributed by atoms with van der Waals surface area (Å²) < 4.78 is 1.09. The van der Waals surface area contributed by atoms with E-state index in [9.17, 15) is 0 Å². The van der Waals surface area contributed by atoms with E-state index < -0.39 is 0 Å². The van der Waals surface area contributed by atoms with Crippen molar-refractivity contribution in [2.75, 3.05) is 18.5 Å². The van der Waals surface area contributed by atoms with Gasteiger partial charge in [-0.2, -0.15) is 0 Å². The summed E-state index contributed by atoms with van der Waals surface area (Å²) >= 11 is 3.59. The van der Waals surface area contributed by atoms with Gasteiger partial charge in [-0.3, -0.25) is 0 Å². The lowest BCUT2D eigenvalue weighted by Gasteiger charge is -2.28. The predicted octanol–water partition coefficient (Wildman–Crippen LogP) is 3.95. The molecule has 0 bridgehead atoms. The van der Waals surface area contributed by atoms with Crippen molar-refractivity contribution in [2.24, 2.45) is 11.1 Å². The van der Waals surface area contributed by atoms with Crippen LogP contribution in [0.1, 0.15) is 39.3 Å². The average Bonchev–Trinajstić information content (AvgIpc) is 2.14. The molecule has 1 aromatic rings. The molecular formula is C14H23BrN2. The van der Waals surface area contributed by atoms with Crippen LogP contribution in [-0.2, 0) is 0 Å². The van der Waals surface area contributed by atoms with Gasteiger partial charge in [-0.1, -0.05) is 42.8 Å². The van der Waals surface area contributed by atoms with Crippen LogP contribution < -0.4 is 10.6 Å². The van der Waals surface area contributed by atoms with Crippen LogP contribution >= 0.6 is 15.9 Å². The second kappa shape index (κ2) is 5.40. The maximum atomic E-state index is 5.90. The van der Waals surface area contributed by atoms with Gasteiger partial charge in [0.15, 0.2) is 0 Å². The van der Waals surface area contributed by atoms with Crippen molar-refractivity contribution >= 4 is 21.6 Å². The first-order chi connectivity index (χ1) is 7.70. The molecular weight excluding hydrogens is 276 g/mol. The number of halogens is 1. The Bertz CT molecular complexity index is 380. The summed E-state index contributed by atoms with van der Waals surface area (Å²) in [5.41, 5.74) is 8.56. The molecule has 1 atom stereocenters. The first-order valence-electron chi connectivity index (χ1n) is 5.97. The zero-order valence-electron chi connectivity index (χ0n) is 11.4. The summed E-state index contributed by atoms with van der Waals surface area (Å²) in [5.74, 6) is 0. The van der Waals surface area contributed by atoms with Crippen molar-refractivity contribution in [3.8, 4) is 0 Å². The summed E-state index contributed by atoms with van der Waals surface area (Å²) in [6.45, 7) is 9.76. The molecule has 2 N–H and O–H groups in total. The van der Waals surface area contributed by atoms with Crippen LogP contribution in [0.5, 0.6) is 0 Å². The van der Waals surface area contributed by atoms with Crippen molar-refractivity contribution in [1.29, 1.82) is 0 Å². The second-order valence-corrected chi connectivity index (χ2v) is 6.77. The van der Waals surface area contributed by atoms with E-state index in [4.69, 9.17) is 5.73 Å². The largest absolute Gasteiger partial charge is 0.374 e. The highest BCUT2D eigenvalue weighted by atomic mass is 79.9. The van der Waals surface area contributed by atoms with E-state index in [2.05, 4.69) is 66.8 Å². The van der Waals surface area contributed by atoms with Gasteiger partial charge in [-0.15, -0.1) is 0 Å².